The molecular weight excluding hydrogens is 380 g/mol. The molecule has 134 valence electrons. The minimum Gasteiger partial charge on any atom is -0.357 e. The smallest absolute Gasteiger partial charge is 0.227 e. The van der Waals surface area contributed by atoms with Gasteiger partial charge in [0.25, 0.3) is 0 Å². The normalized spacial score (nSPS) is 10.8. The molecule has 1 N–H and O–H groups in total. The molecule has 0 amide bonds. The molecule has 0 bridgehead atoms. The number of nitrogens with zero attached hydrogens (tertiary/aromatic N) is 3. The summed E-state index contributed by atoms with van der Waals surface area (Å²) in [7, 11) is 1.82. The number of anilines is 1. The number of nitrogens with one attached hydrogen (secondary N) is 1. The molecule has 0 aliphatic carbocycles. The number of benzene rings is 2. The lowest BCUT2D eigenvalue weighted by Crippen LogP contribution is -2.01. The van der Waals surface area contributed by atoms with Crippen LogP contribution < -0.4 is 5.32 Å². The molecule has 0 spiro atoms. The molecule has 0 aliphatic rings. The van der Waals surface area contributed by atoms with Crippen LogP contribution >= 0.6 is 35.3 Å². The minimum absolute atomic E-state index is 0.592. The molecule has 7 heteroatoms. The Bertz CT molecular complexity index is 879. The summed E-state index contributed by atoms with van der Waals surface area (Å²) in [5.41, 5.74) is 3.78. The lowest BCUT2D eigenvalue weighted by Gasteiger charge is -2.14. The van der Waals surface area contributed by atoms with E-state index in [0.29, 0.717) is 11.1 Å². The Morgan fingerprint density at radius 1 is 0.885 bits per heavy atom. The number of aryl methyl sites for hydroxylation is 1. The number of hydrogen-bond donors (Lipinski definition) is 1. The van der Waals surface area contributed by atoms with Gasteiger partial charge in [0.15, 0.2) is 10.3 Å². The highest BCUT2D eigenvalue weighted by atomic mass is 32.2. The fraction of sp³-hybridized carbons (Fsp3) is 0.211. The molecule has 0 saturated heterocycles. The average molecular weight is 401 g/mol. The van der Waals surface area contributed by atoms with Crippen LogP contribution in [0.25, 0.3) is 11.1 Å². The first-order chi connectivity index (χ1) is 12.6. The third-order valence-electron chi connectivity index (χ3n) is 3.76. The number of hydrogen-bond acceptors (Lipinski definition) is 7. The molecule has 26 heavy (non-hydrogen) atoms. The first-order valence-corrected chi connectivity index (χ1v) is 11.3. The van der Waals surface area contributed by atoms with Crippen molar-refractivity contribution in [2.75, 3.05) is 24.9 Å². The van der Waals surface area contributed by atoms with Gasteiger partial charge in [0, 0.05) is 16.8 Å². The van der Waals surface area contributed by atoms with E-state index in [-0.39, 0.29) is 0 Å². The van der Waals surface area contributed by atoms with Crippen LogP contribution in [0.5, 0.6) is 0 Å². The molecule has 3 aromatic rings. The van der Waals surface area contributed by atoms with Crippen molar-refractivity contribution >= 4 is 41.2 Å². The highest BCUT2D eigenvalue weighted by Crippen LogP contribution is 2.38. The predicted molar refractivity (Wildman–Crippen MR) is 114 cm³/mol. The minimum atomic E-state index is 0.592. The summed E-state index contributed by atoms with van der Waals surface area (Å²) in [6.07, 6.45) is 4.08. The van der Waals surface area contributed by atoms with Crippen LogP contribution in [-0.2, 0) is 0 Å². The molecule has 0 radical (unpaired) electrons. The van der Waals surface area contributed by atoms with Gasteiger partial charge in [-0.2, -0.15) is 15.0 Å². The highest BCUT2D eigenvalue weighted by molar-refractivity contribution is 8.00. The van der Waals surface area contributed by atoms with Crippen LogP contribution in [0.3, 0.4) is 0 Å². The third-order valence-corrected chi connectivity index (χ3v) is 5.91. The quantitative estimate of drug-likeness (QED) is 0.550. The standard InChI is InChI=1S/C19H20N4S3/c1-12-10-14(26-19-22-17(20-2)21-18(23-19)25-4)11-15(24-3)16(12)13-8-6-5-7-9-13/h5-11H,1-4H3,(H,20,21,22,23). The van der Waals surface area contributed by atoms with E-state index in [4.69, 9.17) is 0 Å². The Hall–Kier alpha value is -1.70. The zero-order chi connectivity index (χ0) is 18.5. The van der Waals surface area contributed by atoms with Gasteiger partial charge in [0.05, 0.1) is 0 Å². The molecule has 0 fully saturated rings. The van der Waals surface area contributed by atoms with Gasteiger partial charge in [-0.25, -0.2) is 0 Å². The van der Waals surface area contributed by atoms with Gasteiger partial charge < -0.3 is 5.32 Å². The van der Waals surface area contributed by atoms with Crippen molar-refractivity contribution in [3.8, 4) is 11.1 Å². The van der Waals surface area contributed by atoms with E-state index >= 15 is 0 Å². The molecule has 1 heterocycles. The molecule has 4 nitrogen and oxygen atoms in total. The number of aromatic nitrogens is 3. The summed E-state index contributed by atoms with van der Waals surface area (Å²) in [4.78, 5) is 15.7. The molecule has 0 aliphatic heterocycles. The predicted octanol–water partition coefficient (Wildman–Crippen LogP) is 5.48. The van der Waals surface area contributed by atoms with Crippen LogP contribution in [0.15, 0.2) is 62.6 Å². The van der Waals surface area contributed by atoms with Crippen molar-refractivity contribution in [1.29, 1.82) is 0 Å². The van der Waals surface area contributed by atoms with Gasteiger partial charge in [-0.1, -0.05) is 42.1 Å². The van der Waals surface area contributed by atoms with Crippen molar-refractivity contribution in [2.24, 2.45) is 0 Å². The molecule has 0 atom stereocenters. The Morgan fingerprint density at radius 3 is 2.27 bits per heavy atom. The largest absolute Gasteiger partial charge is 0.357 e. The second-order valence-corrected chi connectivity index (χ2v) is 8.13. The van der Waals surface area contributed by atoms with Crippen LogP contribution in [0.2, 0.25) is 0 Å². The Balaban J connectivity index is 1.99. The topological polar surface area (TPSA) is 50.7 Å². The summed E-state index contributed by atoms with van der Waals surface area (Å²) >= 11 is 4.84. The zero-order valence-electron chi connectivity index (χ0n) is 15.1. The van der Waals surface area contributed by atoms with E-state index in [1.165, 1.54) is 33.3 Å². The summed E-state index contributed by atoms with van der Waals surface area (Å²) < 4.78 is 0. The zero-order valence-corrected chi connectivity index (χ0v) is 17.6. The van der Waals surface area contributed by atoms with Crippen LogP contribution in [-0.4, -0.2) is 34.5 Å². The van der Waals surface area contributed by atoms with E-state index in [2.05, 4.69) is 69.8 Å². The van der Waals surface area contributed by atoms with Gasteiger partial charge in [-0.15, -0.1) is 11.8 Å². The van der Waals surface area contributed by atoms with Crippen molar-refractivity contribution in [3.05, 3.63) is 48.0 Å². The lowest BCUT2D eigenvalue weighted by molar-refractivity contribution is 0.809. The molecule has 3 rings (SSSR count). The van der Waals surface area contributed by atoms with Gasteiger partial charge in [0.1, 0.15) is 0 Å². The molecule has 0 saturated carbocycles. The molecule has 2 aromatic carbocycles. The lowest BCUT2D eigenvalue weighted by atomic mass is 10.0. The maximum absolute atomic E-state index is 4.52. The molecule has 0 unspecified atom stereocenters. The average Bonchev–Trinajstić information content (AvgIpc) is 2.67. The SMILES string of the molecule is CNc1nc(SC)nc(Sc2cc(C)c(-c3ccccc3)c(SC)c2)n1. The van der Waals surface area contributed by atoms with E-state index < -0.39 is 0 Å². The van der Waals surface area contributed by atoms with Crippen molar-refractivity contribution in [2.45, 2.75) is 27.0 Å². The Kier molecular flexibility index (Phi) is 6.45. The van der Waals surface area contributed by atoms with Gasteiger partial charge in [-0.05, 0) is 60.0 Å². The highest BCUT2D eigenvalue weighted by Gasteiger charge is 2.13. The summed E-state index contributed by atoms with van der Waals surface area (Å²) in [6.45, 7) is 2.16. The first-order valence-electron chi connectivity index (χ1n) is 8.04. The van der Waals surface area contributed by atoms with E-state index in [9.17, 15) is 0 Å². The fourth-order valence-electron chi connectivity index (χ4n) is 2.61. The van der Waals surface area contributed by atoms with E-state index in [1.54, 1.807) is 23.5 Å². The van der Waals surface area contributed by atoms with Crippen molar-refractivity contribution in [1.82, 2.24) is 15.0 Å². The van der Waals surface area contributed by atoms with Crippen molar-refractivity contribution in [3.63, 3.8) is 0 Å². The maximum Gasteiger partial charge on any atom is 0.227 e. The van der Waals surface area contributed by atoms with Gasteiger partial charge in [-0.3, -0.25) is 0 Å². The summed E-state index contributed by atoms with van der Waals surface area (Å²) in [5.74, 6) is 0.592. The Labute approximate surface area is 167 Å². The van der Waals surface area contributed by atoms with Crippen molar-refractivity contribution < 1.29 is 0 Å². The van der Waals surface area contributed by atoms with Gasteiger partial charge >= 0.3 is 0 Å². The number of rotatable bonds is 6. The van der Waals surface area contributed by atoms with Crippen LogP contribution in [0, 0.1) is 6.92 Å². The van der Waals surface area contributed by atoms with E-state index in [1.807, 2.05) is 19.4 Å². The summed E-state index contributed by atoms with van der Waals surface area (Å²) in [6, 6.07) is 14.9. The molecular formula is C19H20N4S3. The fourth-order valence-corrected chi connectivity index (χ4v) is 4.71. The first kappa shape index (κ1) is 19.1. The second-order valence-electron chi connectivity index (χ2n) is 5.46. The van der Waals surface area contributed by atoms with Crippen LogP contribution in [0.4, 0.5) is 5.95 Å². The second kappa shape index (κ2) is 8.79. The summed E-state index contributed by atoms with van der Waals surface area (Å²) in [5, 5.41) is 4.42. The van der Waals surface area contributed by atoms with E-state index in [0.717, 1.165) is 10.1 Å². The monoisotopic (exact) mass is 400 g/mol. The number of thioether (sulfide) groups is 2. The van der Waals surface area contributed by atoms with Gasteiger partial charge in [0.2, 0.25) is 5.95 Å². The third kappa shape index (κ3) is 4.34. The maximum atomic E-state index is 4.52. The van der Waals surface area contributed by atoms with Crippen LogP contribution in [0.1, 0.15) is 5.56 Å². The Morgan fingerprint density at radius 2 is 1.62 bits per heavy atom. The molecule has 1 aromatic heterocycles.